The van der Waals surface area contributed by atoms with Crippen LogP contribution in [0, 0.1) is 5.82 Å². The Balaban J connectivity index is 1.62. The van der Waals surface area contributed by atoms with Gasteiger partial charge in [0.2, 0.25) is 15.9 Å². The number of nitrogens with zero attached hydrogens (tertiary/aromatic N) is 1. The number of carbonyl (C=O) groups excluding carboxylic acids is 1. The van der Waals surface area contributed by atoms with Gasteiger partial charge in [-0.3, -0.25) is 9.10 Å². The van der Waals surface area contributed by atoms with Gasteiger partial charge in [-0.05, 0) is 36.8 Å². The summed E-state index contributed by atoms with van der Waals surface area (Å²) in [7, 11) is -3.31. The summed E-state index contributed by atoms with van der Waals surface area (Å²) in [5.41, 5.74) is 0.838. The fourth-order valence-corrected chi connectivity index (χ4v) is 5.33. The number of anilines is 2. The molecule has 1 amide bonds. The molecule has 3 rings (SSSR count). The predicted octanol–water partition coefficient (Wildman–Crippen LogP) is 4.14. The standard InChI is InChI=1S/C18H18ClFN2O3S2/c19-14-7-6-13(22-9-3-11-27(22,24)25)12-16(14)21-18(23)8-10-26-17-5-2-1-4-15(17)20/h1-2,4-7,12H,3,8-11H2,(H,21,23). The molecule has 1 aliphatic heterocycles. The first-order chi connectivity index (χ1) is 12.9. The minimum Gasteiger partial charge on any atom is -0.325 e. The maximum absolute atomic E-state index is 13.6. The van der Waals surface area contributed by atoms with Crippen molar-refractivity contribution < 1.29 is 17.6 Å². The first-order valence-electron chi connectivity index (χ1n) is 8.34. The van der Waals surface area contributed by atoms with Crippen LogP contribution in [-0.4, -0.2) is 32.4 Å². The molecule has 0 spiro atoms. The van der Waals surface area contributed by atoms with Crippen LogP contribution in [0.4, 0.5) is 15.8 Å². The van der Waals surface area contributed by atoms with Crippen molar-refractivity contribution >= 4 is 50.7 Å². The summed E-state index contributed by atoms with van der Waals surface area (Å²) >= 11 is 7.39. The Kier molecular flexibility index (Phi) is 6.29. The molecule has 1 heterocycles. The van der Waals surface area contributed by atoms with Crippen LogP contribution in [0.25, 0.3) is 0 Å². The maximum Gasteiger partial charge on any atom is 0.235 e. The van der Waals surface area contributed by atoms with Crippen molar-refractivity contribution in [3.05, 3.63) is 53.3 Å². The third-order valence-electron chi connectivity index (χ3n) is 4.03. The summed E-state index contributed by atoms with van der Waals surface area (Å²) in [5.74, 6) is -0.0672. The average Bonchev–Trinajstić information content (AvgIpc) is 2.98. The van der Waals surface area contributed by atoms with Crippen molar-refractivity contribution in [3.8, 4) is 0 Å². The molecule has 27 heavy (non-hydrogen) atoms. The number of carbonyl (C=O) groups is 1. The molecule has 1 N–H and O–H groups in total. The highest BCUT2D eigenvalue weighted by atomic mass is 35.5. The number of sulfonamides is 1. The second-order valence-corrected chi connectivity index (χ2v) is 9.54. The molecule has 2 aromatic rings. The van der Waals surface area contributed by atoms with Crippen molar-refractivity contribution in [2.45, 2.75) is 17.7 Å². The maximum atomic E-state index is 13.6. The van der Waals surface area contributed by atoms with E-state index in [1.54, 1.807) is 36.4 Å². The molecule has 5 nitrogen and oxygen atoms in total. The minimum atomic E-state index is -3.31. The van der Waals surface area contributed by atoms with Gasteiger partial charge in [0.1, 0.15) is 5.82 Å². The second kappa shape index (κ2) is 8.50. The van der Waals surface area contributed by atoms with Gasteiger partial charge in [0, 0.05) is 23.6 Å². The SMILES string of the molecule is O=C(CCSc1ccccc1F)Nc1cc(N2CCCS2(=O)=O)ccc1Cl. The Bertz CT molecular complexity index is 953. The smallest absolute Gasteiger partial charge is 0.235 e. The Morgan fingerprint density at radius 1 is 1.26 bits per heavy atom. The van der Waals surface area contributed by atoms with Crippen LogP contribution in [0.2, 0.25) is 5.02 Å². The van der Waals surface area contributed by atoms with E-state index in [0.717, 1.165) is 0 Å². The minimum absolute atomic E-state index is 0.116. The molecule has 2 aromatic carbocycles. The molecule has 0 radical (unpaired) electrons. The lowest BCUT2D eigenvalue weighted by Gasteiger charge is -2.18. The number of benzene rings is 2. The molecule has 0 aromatic heterocycles. The fraction of sp³-hybridized carbons (Fsp3) is 0.278. The Hall–Kier alpha value is -1.77. The van der Waals surface area contributed by atoms with E-state index in [9.17, 15) is 17.6 Å². The molecule has 0 unspecified atom stereocenters. The van der Waals surface area contributed by atoms with Crippen molar-refractivity contribution in [1.82, 2.24) is 0 Å². The van der Waals surface area contributed by atoms with Gasteiger partial charge in [0.25, 0.3) is 0 Å². The number of nitrogens with one attached hydrogen (secondary N) is 1. The fourth-order valence-electron chi connectivity index (χ4n) is 2.72. The summed E-state index contributed by atoms with van der Waals surface area (Å²) in [6.45, 7) is 0.413. The summed E-state index contributed by atoms with van der Waals surface area (Å²) in [6.07, 6.45) is 0.738. The van der Waals surface area contributed by atoms with E-state index in [1.165, 1.54) is 22.1 Å². The Morgan fingerprint density at radius 3 is 2.74 bits per heavy atom. The van der Waals surface area contributed by atoms with E-state index < -0.39 is 10.0 Å². The van der Waals surface area contributed by atoms with Crippen molar-refractivity contribution in [3.63, 3.8) is 0 Å². The summed E-state index contributed by atoms with van der Waals surface area (Å²) in [4.78, 5) is 12.7. The zero-order chi connectivity index (χ0) is 19.4. The molecule has 1 fully saturated rings. The highest BCUT2D eigenvalue weighted by Crippen LogP contribution is 2.31. The quantitative estimate of drug-likeness (QED) is 0.702. The predicted molar refractivity (Wildman–Crippen MR) is 108 cm³/mol. The number of hydrogen-bond donors (Lipinski definition) is 1. The van der Waals surface area contributed by atoms with E-state index in [1.807, 2.05) is 0 Å². The van der Waals surface area contributed by atoms with Gasteiger partial charge >= 0.3 is 0 Å². The van der Waals surface area contributed by atoms with Gasteiger partial charge in [-0.2, -0.15) is 0 Å². The van der Waals surface area contributed by atoms with Gasteiger partial charge < -0.3 is 5.32 Å². The van der Waals surface area contributed by atoms with Crippen LogP contribution < -0.4 is 9.62 Å². The Labute approximate surface area is 166 Å². The summed E-state index contributed by atoms with van der Waals surface area (Å²) in [6, 6.07) is 11.1. The van der Waals surface area contributed by atoms with Crippen LogP contribution >= 0.6 is 23.4 Å². The van der Waals surface area contributed by atoms with Crippen molar-refractivity contribution in [2.75, 3.05) is 27.7 Å². The van der Waals surface area contributed by atoms with Crippen LogP contribution in [0.3, 0.4) is 0 Å². The number of thioether (sulfide) groups is 1. The number of halogens is 2. The van der Waals surface area contributed by atoms with Crippen molar-refractivity contribution in [1.29, 1.82) is 0 Å². The number of hydrogen-bond acceptors (Lipinski definition) is 4. The molecule has 1 aliphatic rings. The third kappa shape index (κ3) is 4.94. The van der Waals surface area contributed by atoms with Crippen LogP contribution in [0.15, 0.2) is 47.4 Å². The van der Waals surface area contributed by atoms with E-state index in [4.69, 9.17) is 11.6 Å². The largest absolute Gasteiger partial charge is 0.325 e. The van der Waals surface area contributed by atoms with Crippen LogP contribution in [0.1, 0.15) is 12.8 Å². The molecule has 0 atom stereocenters. The number of rotatable bonds is 6. The first-order valence-corrected chi connectivity index (χ1v) is 11.3. The zero-order valence-electron chi connectivity index (χ0n) is 14.3. The first kappa shape index (κ1) is 20.0. The Morgan fingerprint density at radius 2 is 2.04 bits per heavy atom. The van der Waals surface area contributed by atoms with Gasteiger partial charge in [0.15, 0.2) is 0 Å². The lowest BCUT2D eigenvalue weighted by atomic mass is 10.2. The monoisotopic (exact) mass is 428 g/mol. The van der Waals surface area contributed by atoms with E-state index in [0.29, 0.717) is 40.0 Å². The molecular weight excluding hydrogens is 411 g/mol. The van der Waals surface area contributed by atoms with E-state index >= 15 is 0 Å². The normalized spacial score (nSPS) is 15.7. The summed E-state index contributed by atoms with van der Waals surface area (Å²) in [5, 5.41) is 3.03. The topological polar surface area (TPSA) is 66.5 Å². The van der Waals surface area contributed by atoms with Gasteiger partial charge in [-0.15, -0.1) is 11.8 Å². The third-order valence-corrected chi connectivity index (χ3v) is 7.28. The average molecular weight is 429 g/mol. The molecule has 144 valence electrons. The zero-order valence-corrected chi connectivity index (χ0v) is 16.7. The van der Waals surface area contributed by atoms with E-state index in [2.05, 4.69) is 5.32 Å². The number of amides is 1. The second-order valence-electron chi connectivity index (χ2n) is 5.98. The molecular formula is C18H18ClFN2O3S2. The molecule has 0 saturated carbocycles. The van der Waals surface area contributed by atoms with Crippen LogP contribution in [0.5, 0.6) is 0 Å². The lowest BCUT2D eigenvalue weighted by molar-refractivity contribution is -0.115. The highest BCUT2D eigenvalue weighted by molar-refractivity contribution is 7.99. The molecule has 0 aliphatic carbocycles. The van der Waals surface area contributed by atoms with Gasteiger partial charge in [0.05, 0.1) is 22.2 Å². The van der Waals surface area contributed by atoms with E-state index in [-0.39, 0.29) is 23.9 Å². The lowest BCUT2D eigenvalue weighted by Crippen LogP contribution is -2.25. The molecule has 0 bridgehead atoms. The van der Waals surface area contributed by atoms with Gasteiger partial charge in [-0.1, -0.05) is 23.7 Å². The van der Waals surface area contributed by atoms with Crippen molar-refractivity contribution in [2.24, 2.45) is 0 Å². The van der Waals surface area contributed by atoms with Crippen LogP contribution in [-0.2, 0) is 14.8 Å². The van der Waals surface area contributed by atoms with Gasteiger partial charge in [-0.25, -0.2) is 12.8 Å². The molecule has 9 heteroatoms. The summed E-state index contributed by atoms with van der Waals surface area (Å²) < 4.78 is 39.0. The molecule has 1 saturated heterocycles. The highest BCUT2D eigenvalue weighted by Gasteiger charge is 2.28.